The van der Waals surface area contributed by atoms with Gasteiger partial charge in [0.25, 0.3) is 0 Å². The lowest BCUT2D eigenvalue weighted by molar-refractivity contribution is 0.539. The molecule has 1 N–H and O–H groups in total. The van der Waals surface area contributed by atoms with Crippen molar-refractivity contribution in [3.05, 3.63) is 68.9 Å². The van der Waals surface area contributed by atoms with E-state index in [2.05, 4.69) is 21.2 Å². The number of rotatable bonds is 4. The van der Waals surface area contributed by atoms with Gasteiger partial charge in [-0.25, -0.2) is 13.2 Å². The number of benzene rings is 2. The maximum Gasteiger partial charge on any atom is 0.137 e. The minimum absolute atomic E-state index is 0.0643. The SMILES string of the molecule is CCNC(c1cc(C)cc(F)c1)c1cc(F)c(Br)cc1F. The number of nitrogens with one attached hydrogen (secondary N) is 1. The molecule has 0 heterocycles. The van der Waals surface area contributed by atoms with Crippen LogP contribution < -0.4 is 5.32 Å². The second kappa shape index (κ2) is 6.62. The van der Waals surface area contributed by atoms with Crippen LogP contribution in [0.2, 0.25) is 0 Å². The average Bonchev–Trinajstić information content (AvgIpc) is 2.39. The lowest BCUT2D eigenvalue weighted by atomic mass is 9.96. The molecule has 0 aliphatic rings. The highest BCUT2D eigenvalue weighted by Gasteiger charge is 2.20. The molecule has 2 aromatic carbocycles. The molecule has 2 aromatic rings. The molecule has 1 nitrogen and oxygen atoms in total. The van der Waals surface area contributed by atoms with Gasteiger partial charge in [-0.2, -0.15) is 0 Å². The van der Waals surface area contributed by atoms with Crippen LogP contribution in [0.1, 0.15) is 29.7 Å². The topological polar surface area (TPSA) is 12.0 Å². The van der Waals surface area contributed by atoms with Gasteiger partial charge in [0.05, 0.1) is 10.5 Å². The molecule has 2 rings (SSSR count). The van der Waals surface area contributed by atoms with Crippen molar-refractivity contribution in [2.75, 3.05) is 6.54 Å². The minimum atomic E-state index is -0.605. The van der Waals surface area contributed by atoms with Gasteiger partial charge in [0.1, 0.15) is 17.5 Å². The Balaban J connectivity index is 2.55. The third-order valence-corrected chi connectivity index (χ3v) is 3.76. The monoisotopic (exact) mass is 357 g/mol. The Morgan fingerprint density at radius 2 is 1.76 bits per heavy atom. The second-order valence-corrected chi connectivity index (χ2v) is 5.69. The fourth-order valence-electron chi connectivity index (χ4n) is 2.30. The minimum Gasteiger partial charge on any atom is -0.306 e. The average molecular weight is 358 g/mol. The summed E-state index contributed by atoms with van der Waals surface area (Å²) in [5.74, 6) is -1.50. The standard InChI is InChI=1S/C16H15BrF3N/c1-3-21-16(10-4-9(2)5-11(18)6-10)12-7-15(20)13(17)8-14(12)19/h4-8,16,21H,3H2,1-2H3. The van der Waals surface area contributed by atoms with Crippen molar-refractivity contribution < 1.29 is 13.2 Å². The molecule has 0 saturated carbocycles. The number of aryl methyl sites for hydroxylation is 1. The zero-order chi connectivity index (χ0) is 15.6. The Bertz CT molecular complexity index is 638. The first-order valence-electron chi connectivity index (χ1n) is 6.57. The molecule has 0 aliphatic carbocycles. The van der Waals surface area contributed by atoms with Crippen molar-refractivity contribution >= 4 is 15.9 Å². The molecule has 0 aliphatic heterocycles. The van der Waals surface area contributed by atoms with E-state index in [1.54, 1.807) is 13.0 Å². The van der Waals surface area contributed by atoms with Gasteiger partial charge in [0, 0.05) is 5.56 Å². The van der Waals surface area contributed by atoms with Crippen LogP contribution in [0, 0.1) is 24.4 Å². The van der Waals surface area contributed by atoms with E-state index in [1.807, 2.05) is 6.92 Å². The molecule has 0 radical (unpaired) electrons. The summed E-state index contributed by atoms with van der Waals surface area (Å²) in [6, 6.07) is 6.10. The van der Waals surface area contributed by atoms with Gasteiger partial charge in [-0.05, 0) is 64.8 Å². The smallest absolute Gasteiger partial charge is 0.137 e. The molecule has 0 fully saturated rings. The highest BCUT2D eigenvalue weighted by Crippen LogP contribution is 2.29. The fraction of sp³-hybridized carbons (Fsp3) is 0.250. The summed E-state index contributed by atoms with van der Waals surface area (Å²) in [6.45, 7) is 4.15. The summed E-state index contributed by atoms with van der Waals surface area (Å²) in [6.07, 6.45) is 0. The van der Waals surface area contributed by atoms with Crippen LogP contribution in [0.3, 0.4) is 0 Å². The van der Waals surface area contributed by atoms with Gasteiger partial charge in [-0.3, -0.25) is 0 Å². The Morgan fingerprint density at radius 1 is 1.05 bits per heavy atom. The zero-order valence-electron chi connectivity index (χ0n) is 11.7. The maximum atomic E-state index is 14.2. The van der Waals surface area contributed by atoms with Crippen LogP contribution in [-0.4, -0.2) is 6.54 Å². The second-order valence-electron chi connectivity index (χ2n) is 4.84. The van der Waals surface area contributed by atoms with Gasteiger partial charge in [0.2, 0.25) is 0 Å². The van der Waals surface area contributed by atoms with Crippen LogP contribution in [0.4, 0.5) is 13.2 Å². The molecule has 5 heteroatoms. The molecule has 0 saturated heterocycles. The van der Waals surface area contributed by atoms with Gasteiger partial charge in [-0.1, -0.05) is 13.0 Å². The predicted molar refractivity (Wildman–Crippen MR) is 80.7 cm³/mol. The Morgan fingerprint density at radius 3 is 2.38 bits per heavy atom. The normalized spacial score (nSPS) is 12.5. The molecular weight excluding hydrogens is 343 g/mol. The zero-order valence-corrected chi connectivity index (χ0v) is 13.3. The van der Waals surface area contributed by atoms with E-state index in [0.29, 0.717) is 12.1 Å². The molecule has 0 spiro atoms. The van der Waals surface area contributed by atoms with Crippen LogP contribution in [0.15, 0.2) is 34.8 Å². The first-order valence-corrected chi connectivity index (χ1v) is 7.36. The third kappa shape index (κ3) is 3.66. The molecular formula is C16H15BrF3N. The maximum absolute atomic E-state index is 14.2. The first-order chi connectivity index (χ1) is 9.92. The molecule has 1 unspecified atom stereocenters. The molecule has 21 heavy (non-hydrogen) atoms. The lowest BCUT2D eigenvalue weighted by Gasteiger charge is -2.20. The molecule has 0 aromatic heterocycles. The highest BCUT2D eigenvalue weighted by molar-refractivity contribution is 9.10. The van der Waals surface area contributed by atoms with Crippen LogP contribution in [0.5, 0.6) is 0 Å². The molecule has 112 valence electrons. The number of halogens is 4. The predicted octanol–water partition coefficient (Wildman–Crippen LogP) is 4.87. The van der Waals surface area contributed by atoms with Crippen molar-refractivity contribution in [2.45, 2.75) is 19.9 Å². The summed E-state index contributed by atoms with van der Waals surface area (Å²) >= 11 is 2.95. The Kier molecular flexibility index (Phi) is 5.06. The molecule has 0 amide bonds. The Hall–Kier alpha value is -1.33. The lowest BCUT2D eigenvalue weighted by Crippen LogP contribution is -2.23. The summed E-state index contributed by atoms with van der Waals surface area (Å²) in [5, 5.41) is 3.07. The molecule has 0 bridgehead atoms. The van der Waals surface area contributed by atoms with E-state index < -0.39 is 23.5 Å². The number of hydrogen-bond acceptors (Lipinski definition) is 1. The summed E-state index contributed by atoms with van der Waals surface area (Å²) in [5.41, 5.74) is 1.45. The third-order valence-electron chi connectivity index (χ3n) is 3.16. The van der Waals surface area contributed by atoms with Gasteiger partial charge >= 0.3 is 0 Å². The Labute approximate surface area is 130 Å². The van der Waals surface area contributed by atoms with E-state index in [4.69, 9.17) is 0 Å². The van der Waals surface area contributed by atoms with Crippen LogP contribution >= 0.6 is 15.9 Å². The molecule has 1 atom stereocenters. The number of hydrogen-bond donors (Lipinski definition) is 1. The van der Waals surface area contributed by atoms with E-state index in [0.717, 1.165) is 17.7 Å². The van der Waals surface area contributed by atoms with Crippen molar-refractivity contribution in [3.8, 4) is 0 Å². The van der Waals surface area contributed by atoms with Crippen molar-refractivity contribution in [2.24, 2.45) is 0 Å². The largest absolute Gasteiger partial charge is 0.306 e. The van der Waals surface area contributed by atoms with Gasteiger partial charge < -0.3 is 5.32 Å². The van der Waals surface area contributed by atoms with Gasteiger partial charge in [-0.15, -0.1) is 0 Å². The highest BCUT2D eigenvalue weighted by atomic mass is 79.9. The quantitative estimate of drug-likeness (QED) is 0.769. The van der Waals surface area contributed by atoms with E-state index in [-0.39, 0.29) is 10.0 Å². The van der Waals surface area contributed by atoms with Crippen molar-refractivity contribution in [3.63, 3.8) is 0 Å². The van der Waals surface area contributed by atoms with E-state index >= 15 is 0 Å². The summed E-state index contributed by atoms with van der Waals surface area (Å²) in [7, 11) is 0. The van der Waals surface area contributed by atoms with E-state index in [9.17, 15) is 13.2 Å². The van der Waals surface area contributed by atoms with Crippen molar-refractivity contribution in [1.29, 1.82) is 0 Å². The fourth-order valence-corrected chi connectivity index (χ4v) is 2.62. The van der Waals surface area contributed by atoms with Gasteiger partial charge in [0.15, 0.2) is 0 Å². The van der Waals surface area contributed by atoms with Crippen LogP contribution in [0.25, 0.3) is 0 Å². The van der Waals surface area contributed by atoms with E-state index in [1.165, 1.54) is 12.1 Å². The first kappa shape index (κ1) is 16.0. The summed E-state index contributed by atoms with van der Waals surface area (Å²) < 4.78 is 41.5. The van der Waals surface area contributed by atoms with Crippen LogP contribution in [-0.2, 0) is 0 Å². The summed E-state index contributed by atoms with van der Waals surface area (Å²) in [4.78, 5) is 0. The van der Waals surface area contributed by atoms with Crippen molar-refractivity contribution in [1.82, 2.24) is 5.32 Å².